The number of nitrogens with zero attached hydrogens (tertiary/aromatic N) is 3. The number of hydrogen-bond acceptors (Lipinski definition) is 1. The van der Waals surface area contributed by atoms with Crippen molar-refractivity contribution >= 4 is 5.69 Å². The normalized spacial score (nSPS) is 9.46. The number of para-hydroxylation sites is 2. The first-order valence-electron chi connectivity index (χ1n) is 3.88. The molecule has 0 unspecified atom stereocenters. The van der Waals surface area contributed by atoms with Gasteiger partial charge in [-0.05, 0) is 12.1 Å². The standard InChI is InChI=1S/C10H7N3/c1-11-9-5-2-3-6-10(9)13-8-4-7-12-13/h2-8H. The maximum absolute atomic E-state index is 6.97. The molecule has 0 bridgehead atoms. The van der Waals surface area contributed by atoms with Gasteiger partial charge in [0, 0.05) is 12.4 Å². The lowest BCUT2D eigenvalue weighted by Gasteiger charge is -2.02. The van der Waals surface area contributed by atoms with Gasteiger partial charge in [-0.2, -0.15) is 5.10 Å². The molecule has 0 saturated heterocycles. The average molecular weight is 169 g/mol. The topological polar surface area (TPSA) is 22.2 Å². The van der Waals surface area contributed by atoms with Crippen molar-refractivity contribution in [2.75, 3.05) is 0 Å². The molecule has 1 aromatic carbocycles. The molecule has 2 rings (SSSR count). The minimum atomic E-state index is 0.617. The summed E-state index contributed by atoms with van der Waals surface area (Å²) in [4.78, 5) is 3.42. The van der Waals surface area contributed by atoms with Crippen LogP contribution in [0.15, 0.2) is 42.7 Å². The van der Waals surface area contributed by atoms with Crippen LogP contribution in [0.4, 0.5) is 5.69 Å². The first kappa shape index (κ1) is 7.56. The van der Waals surface area contributed by atoms with Crippen LogP contribution in [0.25, 0.3) is 10.5 Å². The van der Waals surface area contributed by atoms with Crippen molar-refractivity contribution in [2.24, 2.45) is 0 Å². The Labute approximate surface area is 76.1 Å². The Balaban J connectivity index is 2.59. The molecular weight excluding hydrogens is 162 g/mol. The molecule has 0 radical (unpaired) electrons. The quantitative estimate of drug-likeness (QED) is 0.601. The fourth-order valence-corrected chi connectivity index (χ4v) is 1.16. The van der Waals surface area contributed by atoms with E-state index in [4.69, 9.17) is 6.57 Å². The summed E-state index contributed by atoms with van der Waals surface area (Å²) in [6.07, 6.45) is 3.52. The smallest absolute Gasteiger partial charge is 0.212 e. The Kier molecular flexibility index (Phi) is 1.81. The average Bonchev–Trinajstić information content (AvgIpc) is 2.70. The highest BCUT2D eigenvalue weighted by Gasteiger charge is 2.01. The molecule has 1 aromatic heterocycles. The Bertz CT molecular complexity index is 437. The van der Waals surface area contributed by atoms with Crippen molar-refractivity contribution in [1.29, 1.82) is 0 Å². The van der Waals surface area contributed by atoms with Gasteiger partial charge < -0.3 is 0 Å². The summed E-state index contributed by atoms with van der Waals surface area (Å²) in [6, 6.07) is 9.23. The van der Waals surface area contributed by atoms with Crippen LogP contribution in [-0.2, 0) is 0 Å². The molecule has 3 heteroatoms. The van der Waals surface area contributed by atoms with Gasteiger partial charge in [-0.25, -0.2) is 4.85 Å². The van der Waals surface area contributed by atoms with Crippen molar-refractivity contribution in [3.8, 4) is 5.69 Å². The van der Waals surface area contributed by atoms with Crippen LogP contribution >= 0.6 is 0 Å². The summed E-state index contributed by atoms with van der Waals surface area (Å²) in [5.74, 6) is 0. The Morgan fingerprint density at radius 3 is 2.77 bits per heavy atom. The lowest BCUT2D eigenvalue weighted by atomic mass is 10.3. The lowest BCUT2D eigenvalue weighted by molar-refractivity contribution is 0.884. The monoisotopic (exact) mass is 169 g/mol. The zero-order valence-electron chi connectivity index (χ0n) is 6.88. The van der Waals surface area contributed by atoms with Crippen LogP contribution in [0.2, 0.25) is 0 Å². The lowest BCUT2D eigenvalue weighted by Crippen LogP contribution is -1.93. The van der Waals surface area contributed by atoms with Gasteiger partial charge in [-0.1, -0.05) is 18.2 Å². The van der Waals surface area contributed by atoms with Crippen LogP contribution in [0.5, 0.6) is 0 Å². The highest BCUT2D eigenvalue weighted by molar-refractivity contribution is 5.61. The third-order valence-corrected chi connectivity index (χ3v) is 1.75. The predicted octanol–water partition coefficient (Wildman–Crippen LogP) is 2.42. The third-order valence-electron chi connectivity index (χ3n) is 1.75. The summed E-state index contributed by atoms with van der Waals surface area (Å²) in [5, 5.41) is 4.07. The van der Waals surface area contributed by atoms with E-state index in [0.717, 1.165) is 5.69 Å². The molecule has 2 aromatic rings. The van der Waals surface area contributed by atoms with Gasteiger partial charge in [-0.3, -0.25) is 4.68 Å². The molecule has 0 aliphatic heterocycles. The van der Waals surface area contributed by atoms with Crippen molar-refractivity contribution in [1.82, 2.24) is 9.78 Å². The molecule has 0 fully saturated rings. The van der Waals surface area contributed by atoms with Gasteiger partial charge in [-0.15, -0.1) is 0 Å². The van der Waals surface area contributed by atoms with E-state index in [1.165, 1.54) is 0 Å². The molecule has 0 spiro atoms. The fourth-order valence-electron chi connectivity index (χ4n) is 1.16. The van der Waals surface area contributed by atoms with Crippen LogP contribution in [0.1, 0.15) is 0 Å². The molecule has 3 nitrogen and oxygen atoms in total. The van der Waals surface area contributed by atoms with E-state index in [2.05, 4.69) is 9.94 Å². The number of hydrogen-bond donors (Lipinski definition) is 0. The predicted molar refractivity (Wildman–Crippen MR) is 49.8 cm³/mol. The first-order chi connectivity index (χ1) is 6.42. The van der Waals surface area contributed by atoms with Crippen LogP contribution < -0.4 is 0 Å². The summed E-state index contributed by atoms with van der Waals surface area (Å²) in [7, 11) is 0. The number of rotatable bonds is 1. The maximum Gasteiger partial charge on any atom is 0.212 e. The van der Waals surface area contributed by atoms with Gasteiger partial charge in [0.15, 0.2) is 0 Å². The molecule has 0 atom stereocenters. The second-order valence-corrected chi connectivity index (χ2v) is 2.55. The minimum absolute atomic E-state index is 0.617. The zero-order chi connectivity index (χ0) is 9.10. The molecular formula is C10H7N3. The van der Waals surface area contributed by atoms with Crippen LogP contribution in [-0.4, -0.2) is 9.78 Å². The van der Waals surface area contributed by atoms with E-state index in [-0.39, 0.29) is 0 Å². The van der Waals surface area contributed by atoms with E-state index in [1.807, 2.05) is 30.5 Å². The SMILES string of the molecule is [C-]#[N+]c1ccccc1-n1cccn1. The second-order valence-electron chi connectivity index (χ2n) is 2.55. The van der Waals surface area contributed by atoms with Crippen LogP contribution in [0.3, 0.4) is 0 Å². The van der Waals surface area contributed by atoms with Crippen molar-refractivity contribution in [3.63, 3.8) is 0 Å². The fraction of sp³-hybridized carbons (Fsp3) is 0. The minimum Gasteiger partial charge on any atom is -0.251 e. The molecule has 1 heterocycles. The molecule has 0 N–H and O–H groups in total. The molecule has 0 aliphatic rings. The number of aromatic nitrogens is 2. The van der Waals surface area contributed by atoms with Gasteiger partial charge in [0.25, 0.3) is 0 Å². The van der Waals surface area contributed by atoms with E-state index in [1.54, 1.807) is 16.9 Å². The second kappa shape index (κ2) is 3.11. The Morgan fingerprint density at radius 1 is 1.23 bits per heavy atom. The summed E-state index contributed by atoms with van der Waals surface area (Å²) >= 11 is 0. The third kappa shape index (κ3) is 1.30. The van der Waals surface area contributed by atoms with E-state index >= 15 is 0 Å². The van der Waals surface area contributed by atoms with E-state index < -0.39 is 0 Å². The van der Waals surface area contributed by atoms with Crippen molar-refractivity contribution in [2.45, 2.75) is 0 Å². The molecule has 62 valence electrons. The molecule has 0 saturated carbocycles. The maximum atomic E-state index is 6.97. The van der Waals surface area contributed by atoms with Gasteiger partial charge >= 0.3 is 0 Å². The van der Waals surface area contributed by atoms with Gasteiger partial charge in [0.05, 0.1) is 12.3 Å². The molecule has 13 heavy (non-hydrogen) atoms. The summed E-state index contributed by atoms with van der Waals surface area (Å²) in [6.45, 7) is 6.97. The van der Waals surface area contributed by atoms with E-state index in [9.17, 15) is 0 Å². The largest absolute Gasteiger partial charge is 0.251 e. The van der Waals surface area contributed by atoms with E-state index in [0.29, 0.717) is 5.69 Å². The zero-order valence-corrected chi connectivity index (χ0v) is 6.88. The number of benzene rings is 1. The van der Waals surface area contributed by atoms with Gasteiger partial charge in [0.2, 0.25) is 5.69 Å². The Morgan fingerprint density at radius 2 is 2.08 bits per heavy atom. The van der Waals surface area contributed by atoms with Crippen molar-refractivity contribution in [3.05, 3.63) is 54.1 Å². The van der Waals surface area contributed by atoms with Gasteiger partial charge in [0.1, 0.15) is 0 Å². The summed E-state index contributed by atoms with van der Waals surface area (Å²) in [5.41, 5.74) is 1.44. The molecule has 0 aliphatic carbocycles. The van der Waals surface area contributed by atoms with Crippen molar-refractivity contribution < 1.29 is 0 Å². The first-order valence-corrected chi connectivity index (χ1v) is 3.88. The Hall–Kier alpha value is -2.08. The molecule has 0 amide bonds. The highest BCUT2D eigenvalue weighted by Crippen LogP contribution is 2.21. The summed E-state index contributed by atoms with van der Waals surface area (Å²) < 4.78 is 1.69. The highest BCUT2D eigenvalue weighted by atomic mass is 15.3. The van der Waals surface area contributed by atoms with Crippen LogP contribution in [0, 0.1) is 6.57 Å².